The molecule has 0 fully saturated rings. The third-order valence-electron chi connectivity index (χ3n) is 4.21. The molecule has 1 aromatic heterocycles. The van der Waals surface area contributed by atoms with Crippen molar-refractivity contribution in [1.82, 2.24) is 20.0 Å². The van der Waals surface area contributed by atoms with E-state index in [9.17, 15) is 13.2 Å². The van der Waals surface area contributed by atoms with Crippen LogP contribution in [0.2, 0.25) is 0 Å². The Bertz CT molecular complexity index is 1070. The maximum atomic E-state index is 12.6. The molecule has 9 heteroatoms. The number of para-hydroxylation sites is 1. The highest BCUT2D eigenvalue weighted by Gasteiger charge is 2.29. The average molecular weight is 383 g/mol. The highest BCUT2D eigenvalue weighted by atomic mass is 32.2. The summed E-state index contributed by atoms with van der Waals surface area (Å²) in [5.74, 6) is -0.275. The molecule has 0 radical (unpaired) electrons. The van der Waals surface area contributed by atoms with Crippen LogP contribution < -0.4 is 5.32 Å². The van der Waals surface area contributed by atoms with Gasteiger partial charge in [0.15, 0.2) is 5.84 Å². The SMILES string of the molecule is O=C(NCc1cnn(-c2ccccc2)c1)C1=CC=CN2CCS(=O)(=O)N=C12. The number of carbonyl (C=O) groups excluding carboxylic acids is 1. The minimum absolute atomic E-state index is 0.0611. The lowest BCUT2D eigenvalue weighted by Crippen LogP contribution is -2.42. The molecule has 8 nitrogen and oxygen atoms in total. The second-order valence-electron chi connectivity index (χ2n) is 6.13. The summed E-state index contributed by atoms with van der Waals surface area (Å²) in [5, 5.41) is 7.09. The second-order valence-corrected chi connectivity index (χ2v) is 7.88. The summed E-state index contributed by atoms with van der Waals surface area (Å²) >= 11 is 0. The van der Waals surface area contributed by atoms with E-state index in [4.69, 9.17) is 0 Å². The fourth-order valence-electron chi connectivity index (χ4n) is 2.84. The van der Waals surface area contributed by atoms with Gasteiger partial charge in [-0.05, 0) is 24.3 Å². The highest BCUT2D eigenvalue weighted by Crippen LogP contribution is 2.18. The number of nitrogens with zero attached hydrogens (tertiary/aromatic N) is 4. The number of nitrogens with one attached hydrogen (secondary N) is 1. The Labute approximate surface area is 156 Å². The fraction of sp³-hybridized carbons (Fsp3) is 0.167. The monoisotopic (exact) mass is 383 g/mol. The number of amides is 1. The molecule has 138 valence electrons. The molecule has 0 aliphatic carbocycles. The van der Waals surface area contributed by atoms with E-state index in [-0.39, 0.29) is 36.2 Å². The summed E-state index contributed by atoms with van der Waals surface area (Å²) in [6.07, 6.45) is 8.50. The van der Waals surface area contributed by atoms with Crippen LogP contribution in [0, 0.1) is 0 Å². The Morgan fingerprint density at radius 2 is 2.04 bits per heavy atom. The number of fused-ring (bicyclic) bond motifs is 1. The van der Waals surface area contributed by atoms with Gasteiger partial charge in [-0.25, -0.2) is 13.1 Å². The van der Waals surface area contributed by atoms with Gasteiger partial charge in [0.05, 0.1) is 23.2 Å². The van der Waals surface area contributed by atoms with Crippen LogP contribution in [0.4, 0.5) is 0 Å². The largest absolute Gasteiger partial charge is 0.348 e. The molecule has 0 saturated heterocycles. The third kappa shape index (κ3) is 3.68. The van der Waals surface area contributed by atoms with Crippen molar-refractivity contribution < 1.29 is 13.2 Å². The molecule has 0 spiro atoms. The van der Waals surface area contributed by atoms with Gasteiger partial charge in [0.2, 0.25) is 0 Å². The van der Waals surface area contributed by atoms with E-state index in [0.717, 1.165) is 11.3 Å². The first-order chi connectivity index (χ1) is 13.0. The van der Waals surface area contributed by atoms with Crippen molar-refractivity contribution >= 4 is 21.8 Å². The zero-order valence-corrected chi connectivity index (χ0v) is 15.1. The number of allylic oxidation sites excluding steroid dienone is 2. The van der Waals surface area contributed by atoms with Crippen LogP contribution in [0.1, 0.15) is 5.56 Å². The Balaban J connectivity index is 1.47. The van der Waals surface area contributed by atoms with Crippen LogP contribution in [0.25, 0.3) is 5.69 Å². The Hall–Kier alpha value is -3.20. The summed E-state index contributed by atoms with van der Waals surface area (Å²) < 4.78 is 29.0. The lowest BCUT2D eigenvalue weighted by Gasteiger charge is -2.28. The van der Waals surface area contributed by atoms with Gasteiger partial charge in [-0.15, -0.1) is 4.40 Å². The Morgan fingerprint density at radius 1 is 1.22 bits per heavy atom. The summed E-state index contributed by atoms with van der Waals surface area (Å²) in [6, 6.07) is 9.64. The zero-order chi connectivity index (χ0) is 18.9. The van der Waals surface area contributed by atoms with Crippen LogP contribution in [-0.4, -0.2) is 47.1 Å². The minimum Gasteiger partial charge on any atom is -0.348 e. The van der Waals surface area contributed by atoms with E-state index in [0.29, 0.717) is 0 Å². The number of hydrogen-bond acceptors (Lipinski definition) is 5. The van der Waals surface area contributed by atoms with Gasteiger partial charge >= 0.3 is 0 Å². The van der Waals surface area contributed by atoms with Gasteiger partial charge in [-0.2, -0.15) is 5.10 Å². The van der Waals surface area contributed by atoms with E-state index in [1.54, 1.807) is 34.1 Å². The first-order valence-corrected chi connectivity index (χ1v) is 9.98. The predicted molar refractivity (Wildman–Crippen MR) is 101 cm³/mol. The van der Waals surface area contributed by atoms with E-state index < -0.39 is 10.0 Å². The van der Waals surface area contributed by atoms with Gasteiger partial charge in [-0.1, -0.05) is 18.2 Å². The lowest BCUT2D eigenvalue weighted by atomic mass is 10.1. The van der Waals surface area contributed by atoms with Crippen molar-refractivity contribution in [3.63, 3.8) is 0 Å². The number of aromatic nitrogens is 2. The van der Waals surface area contributed by atoms with E-state index >= 15 is 0 Å². The van der Waals surface area contributed by atoms with Crippen molar-refractivity contribution in [2.75, 3.05) is 12.3 Å². The van der Waals surface area contributed by atoms with Gasteiger partial charge < -0.3 is 10.2 Å². The molecule has 2 aliphatic heterocycles. The molecule has 2 aliphatic rings. The number of benzene rings is 1. The quantitative estimate of drug-likeness (QED) is 0.849. The van der Waals surface area contributed by atoms with Crippen molar-refractivity contribution in [2.24, 2.45) is 4.40 Å². The lowest BCUT2D eigenvalue weighted by molar-refractivity contribution is -0.117. The van der Waals surface area contributed by atoms with Crippen LogP contribution in [0.15, 0.2) is 71.0 Å². The first-order valence-electron chi connectivity index (χ1n) is 8.37. The van der Waals surface area contributed by atoms with Crippen LogP contribution in [-0.2, 0) is 21.4 Å². The number of hydrogen-bond donors (Lipinski definition) is 1. The van der Waals surface area contributed by atoms with Crippen molar-refractivity contribution in [3.8, 4) is 5.69 Å². The topological polar surface area (TPSA) is 96.7 Å². The van der Waals surface area contributed by atoms with E-state index in [2.05, 4.69) is 14.8 Å². The molecule has 0 saturated carbocycles. The molecule has 1 amide bonds. The normalized spacial score (nSPS) is 17.7. The fourth-order valence-corrected chi connectivity index (χ4v) is 3.83. The molecule has 0 atom stereocenters. The summed E-state index contributed by atoms with van der Waals surface area (Å²) in [4.78, 5) is 14.2. The Kier molecular flexibility index (Phi) is 4.36. The molecular formula is C18H17N5O3S. The van der Waals surface area contributed by atoms with Crippen LogP contribution >= 0.6 is 0 Å². The molecule has 2 aromatic rings. The molecule has 1 aromatic carbocycles. The van der Waals surface area contributed by atoms with Gasteiger partial charge in [0.1, 0.15) is 0 Å². The van der Waals surface area contributed by atoms with Crippen LogP contribution in [0.3, 0.4) is 0 Å². The van der Waals surface area contributed by atoms with Gasteiger partial charge in [0, 0.05) is 31.0 Å². The van der Waals surface area contributed by atoms with Gasteiger partial charge in [0.25, 0.3) is 15.9 Å². The molecule has 27 heavy (non-hydrogen) atoms. The van der Waals surface area contributed by atoms with Crippen molar-refractivity contribution in [3.05, 3.63) is 72.2 Å². The molecule has 0 bridgehead atoms. The van der Waals surface area contributed by atoms with Gasteiger partial charge in [-0.3, -0.25) is 4.79 Å². The minimum atomic E-state index is -3.54. The van der Waals surface area contributed by atoms with Crippen molar-refractivity contribution in [2.45, 2.75) is 6.54 Å². The summed E-state index contributed by atoms with van der Waals surface area (Å²) in [7, 11) is -3.54. The van der Waals surface area contributed by atoms with Crippen molar-refractivity contribution in [1.29, 1.82) is 0 Å². The smallest absolute Gasteiger partial charge is 0.256 e. The highest BCUT2D eigenvalue weighted by molar-refractivity contribution is 7.90. The Morgan fingerprint density at radius 3 is 2.85 bits per heavy atom. The van der Waals surface area contributed by atoms with Crippen LogP contribution in [0.5, 0.6) is 0 Å². The summed E-state index contributed by atoms with van der Waals surface area (Å²) in [6.45, 7) is 0.554. The van der Waals surface area contributed by atoms with E-state index in [1.165, 1.54) is 0 Å². The molecular weight excluding hydrogens is 366 g/mol. The molecule has 0 unspecified atom stereocenters. The number of amidine groups is 1. The molecule has 1 N–H and O–H groups in total. The first kappa shape index (κ1) is 17.2. The predicted octanol–water partition coefficient (Wildman–Crippen LogP) is 0.986. The standard InChI is InChI=1S/C18H17N5O3S/c24-18(16-7-4-8-22-9-10-27(25,26)21-17(16)22)19-11-14-12-20-23(13-14)15-5-2-1-3-6-15/h1-8,12-13H,9-11H2,(H,19,24). The zero-order valence-electron chi connectivity index (χ0n) is 14.3. The maximum absolute atomic E-state index is 12.6. The average Bonchev–Trinajstić information content (AvgIpc) is 3.15. The number of rotatable bonds is 4. The molecule has 4 rings (SSSR count). The second kappa shape index (κ2) is 6.84. The summed E-state index contributed by atoms with van der Waals surface area (Å²) in [5.41, 5.74) is 1.98. The number of carbonyl (C=O) groups is 1. The third-order valence-corrected chi connectivity index (χ3v) is 5.36. The van der Waals surface area contributed by atoms with E-state index in [1.807, 2.05) is 36.5 Å². The molecule has 3 heterocycles. The maximum Gasteiger partial charge on any atom is 0.256 e. The number of sulfonamides is 1.